The normalized spacial score (nSPS) is 20.9. The van der Waals surface area contributed by atoms with Gasteiger partial charge < -0.3 is 14.2 Å². The third-order valence-electron chi connectivity index (χ3n) is 4.66. The molecule has 2 aliphatic rings. The van der Waals surface area contributed by atoms with Gasteiger partial charge in [-0.05, 0) is 39.5 Å². The molecule has 1 aromatic heterocycles. The Hall–Kier alpha value is -1.56. The molecule has 3 heterocycles. The highest BCUT2D eigenvalue weighted by Crippen LogP contribution is 2.29. The van der Waals surface area contributed by atoms with E-state index >= 15 is 0 Å². The van der Waals surface area contributed by atoms with Gasteiger partial charge >= 0.3 is 6.09 Å². The molecule has 0 spiro atoms. The topological polar surface area (TPSA) is 58.8 Å². The molecule has 3 rings (SSSR count). The summed E-state index contributed by atoms with van der Waals surface area (Å²) in [4.78, 5) is 16.3. The van der Waals surface area contributed by atoms with E-state index in [0.717, 1.165) is 49.8 Å². The second-order valence-electron chi connectivity index (χ2n) is 8.26. The monoisotopic (exact) mass is 335 g/mol. The lowest BCUT2D eigenvalue weighted by atomic mass is 9.93. The van der Waals surface area contributed by atoms with Crippen molar-refractivity contribution in [2.45, 2.75) is 58.6 Å². The summed E-state index contributed by atoms with van der Waals surface area (Å²) in [5.41, 5.74) is 0.589. The van der Waals surface area contributed by atoms with Gasteiger partial charge in [-0.2, -0.15) is 0 Å². The number of piperidine rings is 1. The lowest BCUT2D eigenvalue weighted by Crippen LogP contribution is -2.44. The Bertz CT molecular complexity index is 564. The van der Waals surface area contributed by atoms with Crippen LogP contribution in [0.3, 0.4) is 0 Å². The van der Waals surface area contributed by atoms with E-state index in [9.17, 15) is 4.79 Å². The van der Waals surface area contributed by atoms with Gasteiger partial charge in [0.25, 0.3) is 0 Å². The maximum absolute atomic E-state index is 12.1. The minimum atomic E-state index is -0.441. The summed E-state index contributed by atoms with van der Waals surface area (Å²) >= 11 is 0. The van der Waals surface area contributed by atoms with Crippen molar-refractivity contribution in [2.75, 3.05) is 26.2 Å². The van der Waals surface area contributed by atoms with Gasteiger partial charge in [0.15, 0.2) is 5.76 Å². The number of ether oxygens (including phenoxy) is 1. The zero-order valence-electron chi connectivity index (χ0n) is 15.2. The fourth-order valence-corrected chi connectivity index (χ4v) is 3.46. The van der Waals surface area contributed by atoms with Crippen molar-refractivity contribution in [3.05, 3.63) is 17.5 Å². The lowest BCUT2D eigenvalue weighted by molar-refractivity contribution is 0.0203. The molecule has 2 saturated heterocycles. The van der Waals surface area contributed by atoms with Crippen LogP contribution >= 0.6 is 0 Å². The van der Waals surface area contributed by atoms with E-state index in [1.807, 2.05) is 20.8 Å². The second kappa shape index (κ2) is 6.75. The van der Waals surface area contributed by atoms with Crippen LogP contribution in [0.1, 0.15) is 57.9 Å². The molecule has 2 fully saturated rings. The first-order valence-electron chi connectivity index (χ1n) is 8.96. The van der Waals surface area contributed by atoms with Gasteiger partial charge in [-0.1, -0.05) is 12.1 Å². The molecule has 134 valence electrons. The van der Waals surface area contributed by atoms with E-state index in [4.69, 9.17) is 9.26 Å². The van der Waals surface area contributed by atoms with Crippen molar-refractivity contribution in [3.8, 4) is 0 Å². The largest absolute Gasteiger partial charge is 0.444 e. The Balaban J connectivity index is 1.48. The summed E-state index contributed by atoms with van der Waals surface area (Å²) in [6.45, 7) is 12.5. The molecular formula is C18H29N3O3. The third kappa shape index (κ3) is 4.29. The Labute approximate surface area is 144 Å². The third-order valence-corrected chi connectivity index (χ3v) is 4.66. The van der Waals surface area contributed by atoms with Crippen LogP contribution in [-0.4, -0.2) is 52.8 Å². The molecule has 0 aliphatic carbocycles. The van der Waals surface area contributed by atoms with Crippen LogP contribution in [0.2, 0.25) is 0 Å². The predicted molar refractivity (Wildman–Crippen MR) is 90.7 cm³/mol. The summed E-state index contributed by atoms with van der Waals surface area (Å²) in [6, 6.07) is 2.09. The first kappa shape index (κ1) is 17.3. The van der Waals surface area contributed by atoms with Crippen molar-refractivity contribution >= 4 is 6.09 Å². The van der Waals surface area contributed by atoms with Crippen LogP contribution in [0.25, 0.3) is 0 Å². The van der Waals surface area contributed by atoms with Crippen LogP contribution in [-0.2, 0) is 11.3 Å². The maximum Gasteiger partial charge on any atom is 0.410 e. The number of aromatic nitrogens is 1. The fraction of sp³-hybridized carbons (Fsp3) is 0.778. The number of amides is 1. The second-order valence-corrected chi connectivity index (χ2v) is 8.26. The molecule has 2 aliphatic heterocycles. The summed E-state index contributed by atoms with van der Waals surface area (Å²) in [5, 5.41) is 4.26. The van der Waals surface area contributed by atoms with E-state index in [1.165, 1.54) is 0 Å². The van der Waals surface area contributed by atoms with Crippen molar-refractivity contribution in [3.63, 3.8) is 0 Å². The number of carbonyl (C=O) groups is 1. The molecule has 0 saturated carbocycles. The Morgan fingerprint density at radius 3 is 2.58 bits per heavy atom. The highest BCUT2D eigenvalue weighted by atomic mass is 16.6. The van der Waals surface area contributed by atoms with Crippen LogP contribution in [0.5, 0.6) is 0 Å². The number of carbonyl (C=O) groups excluding carboxylic acids is 1. The van der Waals surface area contributed by atoms with E-state index in [1.54, 1.807) is 4.90 Å². The molecule has 0 unspecified atom stereocenters. The van der Waals surface area contributed by atoms with Gasteiger partial charge in [0.05, 0.1) is 12.2 Å². The van der Waals surface area contributed by atoms with E-state index in [0.29, 0.717) is 19.0 Å². The SMILES string of the molecule is CC1CN(Cc2cc(C3CCN(C(=O)OC(C)(C)C)CC3)no2)C1. The lowest BCUT2D eigenvalue weighted by Gasteiger charge is -2.36. The van der Waals surface area contributed by atoms with E-state index in [-0.39, 0.29) is 6.09 Å². The Morgan fingerprint density at radius 1 is 1.33 bits per heavy atom. The predicted octanol–water partition coefficient (Wildman–Crippen LogP) is 3.24. The maximum atomic E-state index is 12.1. The molecule has 24 heavy (non-hydrogen) atoms. The highest BCUT2D eigenvalue weighted by molar-refractivity contribution is 5.68. The number of hydrogen-bond acceptors (Lipinski definition) is 5. The first-order valence-corrected chi connectivity index (χ1v) is 8.96. The number of likely N-dealkylation sites (tertiary alicyclic amines) is 2. The van der Waals surface area contributed by atoms with Crippen molar-refractivity contribution in [2.24, 2.45) is 5.92 Å². The Morgan fingerprint density at radius 2 is 2.00 bits per heavy atom. The van der Waals surface area contributed by atoms with Gasteiger partial charge in [0, 0.05) is 38.2 Å². The fourth-order valence-electron chi connectivity index (χ4n) is 3.46. The van der Waals surface area contributed by atoms with Crippen LogP contribution < -0.4 is 0 Å². The minimum Gasteiger partial charge on any atom is -0.444 e. The number of rotatable bonds is 3. The first-order chi connectivity index (χ1) is 11.3. The van der Waals surface area contributed by atoms with Gasteiger partial charge in [-0.3, -0.25) is 4.90 Å². The van der Waals surface area contributed by atoms with Crippen LogP contribution in [0, 0.1) is 5.92 Å². The molecule has 0 atom stereocenters. The highest BCUT2D eigenvalue weighted by Gasteiger charge is 2.29. The number of hydrogen-bond donors (Lipinski definition) is 0. The molecule has 0 aromatic carbocycles. The molecule has 0 bridgehead atoms. The minimum absolute atomic E-state index is 0.214. The van der Waals surface area contributed by atoms with Gasteiger partial charge in [0.2, 0.25) is 0 Å². The van der Waals surface area contributed by atoms with Crippen LogP contribution in [0.4, 0.5) is 4.79 Å². The smallest absolute Gasteiger partial charge is 0.410 e. The summed E-state index contributed by atoms with van der Waals surface area (Å²) in [5.74, 6) is 2.12. The zero-order valence-corrected chi connectivity index (χ0v) is 15.2. The van der Waals surface area contributed by atoms with Crippen molar-refractivity contribution in [1.82, 2.24) is 15.0 Å². The quantitative estimate of drug-likeness (QED) is 0.849. The standard InChI is InChI=1S/C18H29N3O3/c1-13-10-20(11-13)12-15-9-16(19-24-15)14-5-7-21(8-6-14)17(22)23-18(2,3)4/h9,13-14H,5-8,10-12H2,1-4H3. The van der Waals surface area contributed by atoms with Gasteiger partial charge in [-0.15, -0.1) is 0 Å². The van der Waals surface area contributed by atoms with Crippen LogP contribution in [0.15, 0.2) is 10.6 Å². The van der Waals surface area contributed by atoms with Crippen molar-refractivity contribution < 1.29 is 14.1 Å². The molecule has 6 nitrogen and oxygen atoms in total. The molecular weight excluding hydrogens is 306 g/mol. The van der Waals surface area contributed by atoms with Crippen molar-refractivity contribution in [1.29, 1.82) is 0 Å². The molecule has 6 heteroatoms. The van der Waals surface area contributed by atoms with E-state index < -0.39 is 5.60 Å². The molecule has 0 N–H and O–H groups in total. The summed E-state index contributed by atoms with van der Waals surface area (Å²) in [6.07, 6.45) is 1.60. The summed E-state index contributed by atoms with van der Waals surface area (Å²) < 4.78 is 10.9. The zero-order chi connectivity index (χ0) is 17.3. The summed E-state index contributed by atoms with van der Waals surface area (Å²) in [7, 11) is 0. The molecule has 0 radical (unpaired) electrons. The Kier molecular flexibility index (Phi) is 4.85. The molecule has 1 amide bonds. The average molecular weight is 335 g/mol. The van der Waals surface area contributed by atoms with Gasteiger partial charge in [0.1, 0.15) is 5.60 Å². The molecule has 1 aromatic rings. The average Bonchev–Trinajstić information content (AvgIpc) is 2.93. The van der Waals surface area contributed by atoms with Gasteiger partial charge in [-0.25, -0.2) is 4.79 Å². The number of nitrogens with zero attached hydrogens (tertiary/aromatic N) is 3. The van der Waals surface area contributed by atoms with E-state index in [2.05, 4.69) is 23.0 Å².